The molecule has 4 fully saturated rings. The minimum atomic E-state index is -0.0627. The van der Waals surface area contributed by atoms with Crippen molar-refractivity contribution < 1.29 is 4.52 Å². The molecule has 0 spiro atoms. The smallest absolute Gasteiger partial charge is 0.234 e. The Bertz CT molecular complexity index is 488. The van der Waals surface area contributed by atoms with Gasteiger partial charge in [-0.05, 0) is 12.8 Å². The van der Waals surface area contributed by atoms with Crippen LogP contribution < -0.4 is 5.73 Å². The lowest BCUT2D eigenvalue weighted by Gasteiger charge is -2.46. The van der Waals surface area contributed by atoms with Crippen LogP contribution in [0.3, 0.4) is 0 Å². The number of hydrogen-bond acceptors (Lipinski definition) is 6. The van der Waals surface area contributed by atoms with Crippen LogP contribution in [-0.4, -0.2) is 59.2 Å². The second-order valence-corrected chi connectivity index (χ2v) is 6.86. The largest absolute Gasteiger partial charge is 0.339 e. The summed E-state index contributed by atoms with van der Waals surface area (Å²) in [6.07, 6.45) is 5.92. The van der Waals surface area contributed by atoms with Gasteiger partial charge in [-0.2, -0.15) is 4.98 Å². The van der Waals surface area contributed by atoms with Gasteiger partial charge in [0.15, 0.2) is 5.82 Å². The zero-order valence-electron chi connectivity index (χ0n) is 12.6. The summed E-state index contributed by atoms with van der Waals surface area (Å²) in [4.78, 5) is 9.78. The zero-order chi connectivity index (χ0) is 14.3. The molecule has 3 saturated heterocycles. The maximum atomic E-state index is 6.07. The molecule has 1 atom stereocenters. The third-order valence-corrected chi connectivity index (χ3v) is 5.67. The Kier molecular flexibility index (Phi) is 3.47. The van der Waals surface area contributed by atoms with Crippen LogP contribution in [0, 0.1) is 0 Å². The lowest BCUT2D eigenvalue weighted by molar-refractivity contribution is 0.00780. The topological polar surface area (TPSA) is 71.4 Å². The highest BCUT2D eigenvalue weighted by Gasteiger charge is 2.40. The van der Waals surface area contributed by atoms with Gasteiger partial charge in [-0.25, -0.2) is 0 Å². The van der Waals surface area contributed by atoms with E-state index >= 15 is 0 Å². The average molecular weight is 291 g/mol. The van der Waals surface area contributed by atoms with Crippen molar-refractivity contribution in [1.82, 2.24) is 19.9 Å². The molecule has 0 amide bonds. The van der Waals surface area contributed by atoms with Crippen molar-refractivity contribution in [3.05, 3.63) is 11.7 Å². The van der Waals surface area contributed by atoms with Crippen LogP contribution in [0.15, 0.2) is 4.52 Å². The number of aromatic nitrogens is 2. The van der Waals surface area contributed by atoms with E-state index in [-0.39, 0.29) is 5.41 Å². The molecule has 1 aromatic rings. The minimum absolute atomic E-state index is 0.0627. The molecule has 2 N–H and O–H groups in total. The molecule has 1 aliphatic carbocycles. The summed E-state index contributed by atoms with van der Waals surface area (Å²) in [5, 5.41) is 4.32. The Balaban J connectivity index is 1.57. The van der Waals surface area contributed by atoms with Crippen molar-refractivity contribution in [1.29, 1.82) is 0 Å². The van der Waals surface area contributed by atoms with E-state index in [0.29, 0.717) is 12.6 Å². The number of fused-ring (bicyclic) bond motifs is 3. The molecule has 2 bridgehead atoms. The first kappa shape index (κ1) is 13.7. The fourth-order valence-corrected chi connectivity index (χ4v) is 4.18. The number of rotatable bonds is 3. The van der Waals surface area contributed by atoms with E-state index < -0.39 is 0 Å². The van der Waals surface area contributed by atoms with Crippen LogP contribution in [0.5, 0.6) is 0 Å². The fraction of sp³-hybridized carbons (Fsp3) is 0.867. The molecule has 4 heterocycles. The summed E-state index contributed by atoms with van der Waals surface area (Å²) < 4.78 is 5.67. The number of nitrogens with zero attached hydrogens (tertiary/aromatic N) is 4. The molecule has 6 nitrogen and oxygen atoms in total. The maximum absolute atomic E-state index is 6.07. The molecular weight excluding hydrogens is 266 g/mol. The van der Waals surface area contributed by atoms with Crippen molar-refractivity contribution in [3.8, 4) is 0 Å². The third-order valence-electron chi connectivity index (χ3n) is 5.67. The van der Waals surface area contributed by atoms with E-state index in [1.807, 2.05) is 0 Å². The Morgan fingerprint density at radius 1 is 1.14 bits per heavy atom. The van der Waals surface area contributed by atoms with Crippen LogP contribution in [0.4, 0.5) is 0 Å². The normalized spacial score (nSPS) is 35.0. The Hall–Kier alpha value is -0.980. The van der Waals surface area contributed by atoms with E-state index in [4.69, 9.17) is 15.2 Å². The van der Waals surface area contributed by atoms with E-state index in [1.54, 1.807) is 0 Å². The molecule has 1 aromatic heterocycles. The Morgan fingerprint density at radius 3 is 2.52 bits per heavy atom. The van der Waals surface area contributed by atoms with Gasteiger partial charge in [0.2, 0.25) is 5.89 Å². The summed E-state index contributed by atoms with van der Waals surface area (Å²) in [6.45, 7) is 6.25. The molecule has 0 aromatic carbocycles. The predicted molar refractivity (Wildman–Crippen MR) is 78.9 cm³/mol. The first-order valence-corrected chi connectivity index (χ1v) is 8.31. The highest BCUT2D eigenvalue weighted by Crippen LogP contribution is 2.38. The zero-order valence-corrected chi connectivity index (χ0v) is 12.6. The summed E-state index contributed by atoms with van der Waals surface area (Å²) in [7, 11) is 0. The van der Waals surface area contributed by atoms with Crippen LogP contribution in [0.1, 0.15) is 49.9 Å². The van der Waals surface area contributed by atoms with Gasteiger partial charge in [0.05, 0.1) is 11.5 Å². The number of piperazine rings is 3. The summed E-state index contributed by atoms with van der Waals surface area (Å²) >= 11 is 0. The van der Waals surface area contributed by atoms with E-state index in [1.165, 1.54) is 32.4 Å². The molecule has 21 heavy (non-hydrogen) atoms. The van der Waals surface area contributed by atoms with Crippen molar-refractivity contribution in [2.24, 2.45) is 5.73 Å². The fourth-order valence-electron chi connectivity index (χ4n) is 4.18. The maximum Gasteiger partial charge on any atom is 0.234 e. The molecule has 0 radical (unpaired) electrons. The predicted octanol–water partition coefficient (Wildman–Crippen LogP) is 0.902. The second-order valence-electron chi connectivity index (χ2n) is 6.86. The molecule has 116 valence electrons. The second kappa shape index (κ2) is 5.34. The highest BCUT2D eigenvalue weighted by molar-refractivity contribution is 5.10. The first-order valence-electron chi connectivity index (χ1n) is 8.31. The molecule has 1 unspecified atom stereocenters. The Labute approximate surface area is 125 Å². The van der Waals surface area contributed by atoms with Gasteiger partial charge in [0.1, 0.15) is 0 Å². The summed E-state index contributed by atoms with van der Waals surface area (Å²) in [6, 6.07) is 0.309. The molecule has 1 saturated carbocycles. The monoisotopic (exact) mass is 291 g/mol. The van der Waals surface area contributed by atoms with Gasteiger partial charge in [-0.3, -0.25) is 9.80 Å². The van der Waals surface area contributed by atoms with Gasteiger partial charge >= 0.3 is 0 Å². The third kappa shape index (κ3) is 2.29. The van der Waals surface area contributed by atoms with Crippen LogP contribution >= 0.6 is 0 Å². The number of nitrogens with two attached hydrogens (primary N) is 1. The van der Waals surface area contributed by atoms with Crippen LogP contribution in [0.2, 0.25) is 0 Å². The molecule has 3 aliphatic heterocycles. The Morgan fingerprint density at radius 2 is 1.90 bits per heavy atom. The van der Waals surface area contributed by atoms with Gasteiger partial charge in [-0.15, -0.1) is 0 Å². The SMILES string of the molecule is NCC1(c2nc(C3CN4CCN3CC4)no2)CCCCC1. The van der Waals surface area contributed by atoms with Gasteiger partial charge < -0.3 is 10.3 Å². The van der Waals surface area contributed by atoms with E-state index in [9.17, 15) is 0 Å². The van der Waals surface area contributed by atoms with Crippen molar-refractivity contribution in [3.63, 3.8) is 0 Å². The van der Waals surface area contributed by atoms with Crippen LogP contribution in [-0.2, 0) is 5.41 Å². The van der Waals surface area contributed by atoms with Crippen molar-refractivity contribution in [2.45, 2.75) is 43.6 Å². The van der Waals surface area contributed by atoms with Gasteiger partial charge in [0.25, 0.3) is 0 Å². The molecule has 5 rings (SSSR count). The minimum Gasteiger partial charge on any atom is -0.339 e. The molecule has 4 aliphatic rings. The van der Waals surface area contributed by atoms with Crippen molar-refractivity contribution in [2.75, 3.05) is 39.3 Å². The highest BCUT2D eigenvalue weighted by atomic mass is 16.5. The lowest BCUT2D eigenvalue weighted by Crippen LogP contribution is -2.57. The lowest BCUT2D eigenvalue weighted by atomic mass is 9.74. The van der Waals surface area contributed by atoms with Gasteiger partial charge in [-0.1, -0.05) is 24.4 Å². The quantitative estimate of drug-likeness (QED) is 0.892. The molecular formula is C15H25N5O. The average Bonchev–Trinajstić information content (AvgIpc) is 3.07. The summed E-state index contributed by atoms with van der Waals surface area (Å²) in [5.74, 6) is 1.66. The first-order chi connectivity index (χ1) is 10.3. The number of hydrogen-bond donors (Lipinski definition) is 1. The summed E-state index contributed by atoms with van der Waals surface area (Å²) in [5.41, 5.74) is 6.01. The van der Waals surface area contributed by atoms with E-state index in [0.717, 1.165) is 44.2 Å². The van der Waals surface area contributed by atoms with Gasteiger partial charge in [0, 0.05) is 39.3 Å². The van der Waals surface area contributed by atoms with E-state index in [2.05, 4.69) is 15.0 Å². The standard InChI is InChI=1S/C15H25N5O/c16-11-15(4-2-1-3-5-15)14-17-13(18-21-14)12-10-19-6-8-20(12)9-7-19/h12H,1-11,16H2. The van der Waals surface area contributed by atoms with Crippen LogP contribution in [0.25, 0.3) is 0 Å². The van der Waals surface area contributed by atoms with Crippen molar-refractivity contribution >= 4 is 0 Å². The molecule has 6 heteroatoms.